The number of imidazole rings is 2. The number of rotatable bonds is 8. The van der Waals surface area contributed by atoms with Crippen LogP contribution in [-0.2, 0) is 14.3 Å². The molecule has 3 atom stereocenters. The fourth-order valence-corrected chi connectivity index (χ4v) is 8.29. The van der Waals surface area contributed by atoms with E-state index in [1.54, 1.807) is 0 Å². The minimum Gasteiger partial charge on any atom is -0.453 e. The van der Waals surface area contributed by atoms with Crippen molar-refractivity contribution in [2.75, 3.05) is 20.2 Å². The molecule has 2 aliphatic heterocycles. The van der Waals surface area contributed by atoms with Gasteiger partial charge in [-0.2, -0.15) is 0 Å². The average Bonchev–Trinajstić information content (AvgIpc) is 3.71. The SMILES string of the molecule is COC(=O)N[C@H](C(=O)N1CCC[C@H]1c1ncc(-c2ccc3cc(-c4ccc(-c5cnc([C@@H]6CC7(CC7)CN6C(=O)OC(C)(C)C)[nH]5)cc4)ccc3c2)[nH]1)C(C)C. The van der Waals surface area contributed by atoms with Gasteiger partial charge < -0.3 is 29.7 Å². The lowest BCUT2D eigenvalue weighted by atomic mass is 9.98. The number of alkyl carbamates (subject to hydrolysis) is 1. The summed E-state index contributed by atoms with van der Waals surface area (Å²) in [5.74, 6) is 1.32. The Bertz CT molecular complexity index is 2260. The molecule has 1 spiro atoms. The zero-order chi connectivity index (χ0) is 39.4. The Morgan fingerprint density at radius 3 is 2.04 bits per heavy atom. The van der Waals surface area contributed by atoms with Gasteiger partial charge in [0, 0.05) is 18.7 Å². The van der Waals surface area contributed by atoms with E-state index in [2.05, 4.69) is 75.9 Å². The molecule has 3 amide bonds. The quantitative estimate of drug-likeness (QED) is 0.143. The summed E-state index contributed by atoms with van der Waals surface area (Å²) >= 11 is 0. The molecule has 5 aromatic rings. The number of aromatic nitrogens is 4. The molecule has 0 radical (unpaired) electrons. The molecule has 8 rings (SSSR count). The number of carbonyl (C=O) groups is 3. The lowest BCUT2D eigenvalue weighted by Gasteiger charge is -2.30. The number of fused-ring (bicyclic) bond motifs is 1. The Morgan fingerprint density at radius 2 is 1.41 bits per heavy atom. The van der Waals surface area contributed by atoms with Gasteiger partial charge in [-0.1, -0.05) is 62.4 Å². The predicted octanol–water partition coefficient (Wildman–Crippen LogP) is 8.79. The average molecular weight is 758 g/mol. The first-order valence-corrected chi connectivity index (χ1v) is 19.7. The Labute approximate surface area is 327 Å². The highest BCUT2D eigenvalue weighted by Gasteiger charge is 2.55. The lowest BCUT2D eigenvalue weighted by molar-refractivity contribution is -0.135. The third-order valence-corrected chi connectivity index (χ3v) is 11.5. The fraction of sp³-hybridized carbons (Fsp3) is 0.432. The summed E-state index contributed by atoms with van der Waals surface area (Å²) in [5.41, 5.74) is 5.72. The number of carbonyl (C=O) groups excluding carboxylic acids is 3. The van der Waals surface area contributed by atoms with Crippen LogP contribution in [0.25, 0.3) is 44.4 Å². The summed E-state index contributed by atoms with van der Waals surface area (Å²) in [6, 6.07) is 20.3. The molecule has 2 aromatic heterocycles. The third kappa shape index (κ3) is 7.48. The Kier molecular flexibility index (Phi) is 9.62. The van der Waals surface area contributed by atoms with Gasteiger partial charge in [0.2, 0.25) is 5.91 Å². The van der Waals surface area contributed by atoms with E-state index < -0.39 is 17.7 Å². The minimum absolute atomic E-state index is 0.0964. The summed E-state index contributed by atoms with van der Waals surface area (Å²) in [5, 5.41) is 4.94. The Balaban J connectivity index is 0.951. The highest BCUT2D eigenvalue weighted by atomic mass is 16.6. The number of nitrogens with one attached hydrogen (secondary N) is 3. The number of hydrogen-bond acceptors (Lipinski definition) is 7. The second-order valence-corrected chi connectivity index (χ2v) is 17.1. The van der Waals surface area contributed by atoms with Crippen LogP contribution in [0.3, 0.4) is 0 Å². The van der Waals surface area contributed by atoms with Crippen molar-refractivity contribution in [3.8, 4) is 33.6 Å². The number of H-pyrrole nitrogens is 2. The Morgan fingerprint density at radius 1 is 0.821 bits per heavy atom. The van der Waals surface area contributed by atoms with E-state index in [0.717, 1.165) is 94.7 Å². The number of nitrogens with zero attached hydrogens (tertiary/aromatic N) is 4. The van der Waals surface area contributed by atoms with Crippen molar-refractivity contribution < 1.29 is 23.9 Å². The largest absolute Gasteiger partial charge is 0.453 e. The molecule has 3 fully saturated rings. The van der Waals surface area contributed by atoms with Crippen LogP contribution >= 0.6 is 0 Å². The maximum Gasteiger partial charge on any atom is 0.410 e. The van der Waals surface area contributed by atoms with E-state index >= 15 is 0 Å². The number of likely N-dealkylation sites (tertiary alicyclic amines) is 2. The second kappa shape index (κ2) is 14.5. The monoisotopic (exact) mass is 757 g/mol. The first-order valence-electron chi connectivity index (χ1n) is 19.7. The molecule has 1 aliphatic carbocycles. The van der Waals surface area contributed by atoms with E-state index in [1.807, 2.05) is 56.8 Å². The van der Waals surface area contributed by atoms with Crippen LogP contribution < -0.4 is 5.32 Å². The molecule has 0 unspecified atom stereocenters. The number of ether oxygens (including phenoxy) is 2. The molecule has 3 aliphatic rings. The third-order valence-electron chi connectivity index (χ3n) is 11.5. The van der Waals surface area contributed by atoms with Gasteiger partial charge in [0.15, 0.2) is 0 Å². The van der Waals surface area contributed by atoms with Crippen LogP contribution in [0, 0.1) is 11.3 Å². The molecule has 0 bridgehead atoms. The lowest BCUT2D eigenvalue weighted by Crippen LogP contribution is -2.51. The first kappa shape index (κ1) is 37.3. The van der Waals surface area contributed by atoms with Gasteiger partial charge in [-0.15, -0.1) is 0 Å². The first-order chi connectivity index (χ1) is 26.8. The van der Waals surface area contributed by atoms with Crippen molar-refractivity contribution in [3.63, 3.8) is 0 Å². The summed E-state index contributed by atoms with van der Waals surface area (Å²) in [7, 11) is 1.30. The topological polar surface area (TPSA) is 146 Å². The van der Waals surface area contributed by atoms with Crippen molar-refractivity contribution in [2.45, 2.75) is 90.4 Å². The second-order valence-electron chi connectivity index (χ2n) is 17.1. The zero-order valence-corrected chi connectivity index (χ0v) is 33.0. The van der Waals surface area contributed by atoms with E-state index in [4.69, 9.17) is 19.4 Å². The van der Waals surface area contributed by atoms with Crippen molar-refractivity contribution >= 4 is 28.9 Å². The van der Waals surface area contributed by atoms with Crippen LogP contribution in [0.5, 0.6) is 0 Å². The summed E-state index contributed by atoms with van der Waals surface area (Å²) < 4.78 is 10.5. The van der Waals surface area contributed by atoms with Crippen molar-refractivity contribution in [1.29, 1.82) is 0 Å². The highest BCUT2D eigenvalue weighted by molar-refractivity contribution is 5.91. The smallest absolute Gasteiger partial charge is 0.410 e. The molecule has 1 saturated carbocycles. The van der Waals surface area contributed by atoms with Crippen LogP contribution in [0.4, 0.5) is 9.59 Å². The predicted molar refractivity (Wildman–Crippen MR) is 214 cm³/mol. The van der Waals surface area contributed by atoms with Crippen LogP contribution in [0.1, 0.15) is 90.5 Å². The number of benzene rings is 3. The summed E-state index contributed by atoms with van der Waals surface area (Å²) in [4.78, 5) is 58.9. The highest BCUT2D eigenvalue weighted by Crippen LogP contribution is 2.58. The molecular weight excluding hydrogens is 707 g/mol. The van der Waals surface area contributed by atoms with Gasteiger partial charge in [0.25, 0.3) is 0 Å². The van der Waals surface area contributed by atoms with Crippen LogP contribution in [-0.4, -0.2) is 79.7 Å². The normalized spacial score (nSPS) is 19.5. The van der Waals surface area contributed by atoms with Gasteiger partial charge in [-0.05, 0) is 104 Å². The minimum atomic E-state index is -0.679. The molecule has 3 N–H and O–H groups in total. The number of hydrogen-bond donors (Lipinski definition) is 3. The molecule has 2 saturated heterocycles. The van der Waals surface area contributed by atoms with Gasteiger partial charge in [0.05, 0.1) is 43.0 Å². The molecule has 12 nitrogen and oxygen atoms in total. The van der Waals surface area contributed by atoms with Crippen molar-refractivity contribution in [1.82, 2.24) is 35.1 Å². The zero-order valence-electron chi connectivity index (χ0n) is 33.0. The maximum atomic E-state index is 13.6. The summed E-state index contributed by atoms with van der Waals surface area (Å²) in [6.07, 6.45) is 7.65. The fourth-order valence-electron chi connectivity index (χ4n) is 8.29. The molecular formula is C44H51N7O5. The molecule has 56 heavy (non-hydrogen) atoms. The number of aromatic amines is 2. The standard InChI is InChI=1S/C44H51N7O5/c1-26(2)37(49-41(53)55-6)40(52)50-19-7-8-35(50)38-45-24-34(48-38)32-16-15-30-20-29(13-14-31(30)21-32)27-9-11-28(12-10-27)33-23-46-39(47-33)36-22-44(17-18-44)25-51(36)42(54)56-43(3,4)5/h9-16,20-21,23-24,26,35-37H,7-8,17-19,22,25H2,1-6H3,(H,45,48)(H,46,47)(H,49,53)/t35-,36-,37-/m0/s1. The van der Waals surface area contributed by atoms with Crippen LogP contribution in [0.2, 0.25) is 0 Å². The van der Waals surface area contributed by atoms with Crippen molar-refractivity contribution in [3.05, 3.63) is 84.7 Å². The van der Waals surface area contributed by atoms with Gasteiger partial charge in [0.1, 0.15) is 23.3 Å². The van der Waals surface area contributed by atoms with Gasteiger partial charge in [-0.25, -0.2) is 19.6 Å². The van der Waals surface area contributed by atoms with E-state index in [0.29, 0.717) is 6.54 Å². The summed E-state index contributed by atoms with van der Waals surface area (Å²) in [6.45, 7) is 10.9. The number of methoxy groups -OCH3 is 1. The number of amides is 3. The molecule has 12 heteroatoms. The van der Waals surface area contributed by atoms with Crippen LogP contribution in [0.15, 0.2) is 73.1 Å². The van der Waals surface area contributed by atoms with Gasteiger partial charge >= 0.3 is 12.2 Å². The van der Waals surface area contributed by atoms with Gasteiger partial charge in [-0.3, -0.25) is 9.69 Å². The molecule has 4 heterocycles. The van der Waals surface area contributed by atoms with E-state index in [-0.39, 0.29) is 35.4 Å². The Hall–Kier alpha value is -5.65. The molecule has 292 valence electrons. The molecule has 3 aromatic carbocycles. The van der Waals surface area contributed by atoms with E-state index in [9.17, 15) is 14.4 Å². The van der Waals surface area contributed by atoms with Crippen molar-refractivity contribution in [2.24, 2.45) is 11.3 Å². The van der Waals surface area contributed by atoms with E-state index in [1.165, 1.54) is 7.11 Å². The maximum absolute atomic E-state index is 13.6.